The number of carboxylic acids is 1. The van der Waals surface area contributed by atoms with Crippen molar-refractivity contribution in [3.05, 3.63) is 0 Å². The molecule has 0 aromatic rings. The Morgan fingerprint density at radius 2 is 1.56 bits per heavy atom. The van der Waals surface area contributed by atoms with Crippen LogP contribution in [0, 0.1) is 0 Å². The van der Waals surface area contributed by atoms with E-state index >= 15 is 0 Å². The quantitative estimate of drug-likeness (QED) is 0.395. The highest BCUT2D eigenvalue weighted by Crippen LogP contribution is 2.05. The molecule has 106 valence electrons. The van der Waals surface area contributed by atoms with Gasteiger partial charge < -0.3 is 20.1 Å². The van der Waals surface area contributed by atoms with Gasteiger partial charge in [0.15, 0.2) is 12.2 Å². The van der Waals surface area contributed by atoms with Crippen molar-refractivity contribution >= 4 is 11.9 Å². The van der Waals surface area contributed by atoms with E-state index in [4.69, 9.17) is 15.3 Å². The van der Waals surface area contributed by atoms with Crippen molar-refractivity contribution in [2.24, 2.45) is 0 Å². The van der Waals surface area contributed by atoms with Crippen LogP contribution in [0.15, 0.2) is 0 Å². The molecule has 0 aromatic heterocycles. The van der Waals surface area contributed by atoms with Crippen LogP contribution in [0.5, 0.6) is 0 Å². The molecule has 0 saturated carbocycles. The van der Waals surface area contributed by atoms with Gasteiger partial charge >= 0.3 is 11.9 Å². The highest BCUT2D eigenvalue weighted by atomic mass is 16.5. The average Bonchev–Trinajstić information content (AvgIpc) is 2.35. The number of unbranched alkanes of at least 4 members (excludes halogenated alkanes) is 5. The number of hydrogen-bond donors (Lipinski definition) is 3. The van der Waals surface area contributed by atoms with Gasteiger partial charge in [0.25, 0.3) is 0 Å². The summed E-state index contributed by atoms with van der Waals surface area (Å²) in [6.45, 7) is 2.26. The molecule has 0 spiro atoms. The summed E-state index contributed by atoms with van der Waals surface area (Å²) in [5.41, 5.74) is 0. The SMILES string of the molecule is CCCCCCCCOC(=O)[C@@H](O)[C@H](O)C(=O)O. The van der Waals surface area contributed by atoms with Crippen molar-refractivity contribution in [1.82, 2.24) is 0 Å². The molecule has 0 saturated heterocycles. The first-order valence-electron chi connectivity index (χ1n) is 6.26. The molecule has 0 amide bonds. The number of carbonyl (C=O) groups is 2. The van der Waals surface area contributed by atoms with E-state index in [2.05, 4.69) is 11.7 Å². The van der Waals surface area contributed by atoms with Gasteiger partial charge in [-0.25, -0.2) is 9.59 Å². The minimum Gasteiger partial charge on any atom is -0.479 e. The van der Waals surface area contributed by atoms with Crippen molar-refractivity contribution in [1.29, 1.82) is 0 Å². The van der Waals surface area contributed by atoms with Crippen LogP contribution in [0.25, 0.3) is 0 Å². The van der Waals surface area contributed by atoms with E-state index < -0.39 is 24.1 Å². The smallest absolute Gasteiger partial charge is 0.338 e. The summed E-state index contributed by atoms with van der Waals surface area (Å²) in [6.07, 6.45) is 1.98. The summed E-state index contributed by atoms with van der Waals surface area (Å²) in [5.74, 6) is -2.75. The number of ether oxygens (including phenoxy) is 1. The minimum atomic E-state index is -2.14. The fourth-order valence-corrected chi connectivity index (χ4v) is 1.40. The fraction of sp³-hybridized carbons (Fsp3) is 0.833. The lowest BCUT2D eigenvalue weighted by Crippen LogP contribution is -2.40. The molecule has 18 heavy (non-hydrogen) atoms. The zero-order valence-corrected chi connectivity index (χ0v) is 10.7. The predicted molar refractivity (Wildman–Crippen MR) is 64.0 cm³/mol. The zero-order valence-electron chi connectivity index (χ0n) is 10.7. The van der Waals surface area contributed by atoms with Gasteiger partial charge in [-0.3, -0.25) is 0 Å². The Bertz CT molecular complexity index is 253. The van der Waals surface area contributed by atoms with E-state index in [0.717, 1.165) is 25.7 Å². The molecule has 2 atom stereocenters. The molecule has 0 fully saturated rings. The van der Waals surface area contributed by atoms with Crippen molar-refractivity contribution in [2.45, 2.75) is 57.7 Å². The fourth-order valence-electron chi connectivity index (χ4n) is 1.40. The topological polar surface area (TPSA) is 104 Å². The molecule has 3 N–H and O–H groups in total. The molecular weight excluding hydrogens is 240 g/mol. The third kappa shape index (κ3) is 7.24. The number of aliphatic hydroxyl groups is 2. The average molecular weight is 262 g/mol. The Morgan fingerprint density at radius 3 is 2.11 bits per heavy atom. The Labute approximate surface area is 107 Å². The summed E-state index contributed by atoms with van der Waals surface area (Å²) < 4.78 is 4.67. The zero-order chi connectivity index (χ0) is 14.0. The van der Waals surface area contributed by atoms with Gasteiger partial charge in [0.05, 0.1) is 6.61 Å². The van der Waals surface area contributed by atoms with Crippen molar-refractivity contribution in [3.8, 4) is 0 Å². The van der Waals surface area contributed by atoms with E-state index in [0.29, 0.717) is 6.42 Å². The highest BCUT2D eigenvalue weighted by molar-refractivity contribution is 5.84. The van der Waals surface area contributed by atoms with E-state index in [1.54, 1.807) is 0 Å². The molecule has 0 rings (SSSR count). The molecule has 0 unspecified atom stereocenters. The maximum absolute atomic E-state index is 11.1. The molecule has 0 aliphatic carbocycles. The van der Waals surface area contributed by atoms with Crippen LogP contribution in [0.3, 0.4) is 0 Å². The number of carboxylic acid groups (broad SMARTS) is 1. The van der Waals surface area contributed by atoms with Crippen LogP contribution in [-0.4, -0.2) is 46.1 Å². The van der Waals surface area contributed by atoms with Crippen LogP contribution in [0.4, 0.5) is 0 Å². The Kier molecular flexibility index (Phi) is 9.22. The first-order valence-corrected chi connectivity index (χ1v) is 6.26. The summed E-state index contributed by atoms with van der Waals surface area (Å²) in [7, 11) is 0. The number of rotatable bonds is 10. The van der Waals surface area contributed by atoms with Gasteiger partial charge in [-0.1, -0.05) is 39.0 Å². The van der Waals surface area contributed by atoms with E-state index in [1.165, 1.54) is 6.42 Å². The lowest BCUT2D eigenvalue weighted by molar-refractivity contribution is -0.169. The molecule has 0 aliphatic heterocycles. The Hall–Kier alpha value is -1.14. The molecule has 0 heterocycles. The lowest BCUT2D eigenvalue weighted by Gasteiger charge is -2.13. The molecule has 0 aromatic carbocycles. The van der Waals surface area contributed by atoms with Crippen molar-refractivity contribution in [2.75, 3.05) is 6.61 Å². The Balaban J connectivity index is 3.61. The maximum Gasteiger partial charge on any atom is 0.338 e. The van der Waals surface area contributed by atoms with Gasteiger partial charge in [-0.05, 0) is 6.42 Å². The summed E-state index contributed by atoms with van der Waals surface area (Å²) >= 11 is 0. The van der Waals surface area contributed by atoms with Crippen LogP contribution in [0.1, 0.15) is 45.4 Å². The van der Waals surface area contributed by atoms with Crippen molar-refractivity contribution < 1.29 is 29.6 Å². The third-order valence-electron chi connectivity index (χ3n) is 2.54. The highest BCUT2D eigenvalue weighted by Gasteiger charge is 2.31. The van der Waals surface area contributed by atoms with Crippen LogP contribution >= 0.6 is 0 Å². The van der Waals surface area contributed by atoms with E-state index in [-0.39, 0.29) is 6.61 Å². The Morgan fingerprint density at radius 1 is 1.00 bits per heavy atom. The molecule has 0 bridgehead atoms. The lowest BCUT2D eigenvalue weighted by atomic mass is 10.1. The van der Waals surface area contributed by atoms with Gasteiger partial charge in [0, 0.05) is 0 Å². The first kappa shape index (κ1) is 16.9. The standard InChI is InChI=1S/C12H22O6/c1-2-3-4-5-6-7-8-18-12(17)10(14)9(13)11(15)16/h9-10,13-14H,2-8H2,1H3,(H,15,16)/t9-,10-/m0/s1. The first-order chi connectivity index (χ1) is 8.50. The second-order valence-corrected chi connectivity index (χ2v) is 4.16. The van der Waals surface area contributed by atoms with Crippen LogP contribution in [-0.2, 0) is 14.3 Å². The maximum atomic E-state index is 11.1. The van der Waals surface area contributed by atoms with Gasteiger partial charge in [0.1, 0.15) is 0 Å². The summed E-state index contributed by atoms with van der Waals surface area (Å²) in [5, 5.41) is 26.4. The van der Waals surface area contributed by atoms with Gasteiger partial charge in [0.2, 0.25) is 0 Å². The second kappa shape index (κ2) is 9.85. The molecule has 0 aliphatic rings. The second-order valence-electron chi connectivity index (χ2n) is 4.16. The summed E-state index contributed by atoms with van der Waals surface area (Å²) in [6, 6.07) is 0. The van der Waals surface area contributed by atoms with Crippen LogP contribution in [0.2, 0.25) is 0 Å². The molecule has 6 nitrogen and oxygen atoms in total. The number of esters is 1. The molecule has 0 radical (unpaired) electrons. The normalized spacial score (nSPS) is 13.9. The van der Waals surface area contributed by atoms with Gasteiger partial charge in [-0.15, -0.1) is 0 Å². The summed E-state index contributed by atoms with van der Waals surface area (Å²) in [4.78, 5) is 21.4. The number of hydrogen-bond acceptors (Lipinski definition) is 5. The monoisotopic (exact) mass is 262 g/mol. The largest absolute Gasteiger partial charge is 0.479 e. The van der Waals surface area contributed by atoms with E-state index in [9.17, 15) is 9.59 Å². The van der Waals surface area contributed by atoms with Crippen LogP contribution < -0.4 is 0 Å². The van der Waals surface area contributed by atoms with Crippen molar-refractivity contribution in [3.63, 3.8) is 0 Å². The van der Waals surface area contributed by atoms with Gasteiger partial charge in [-0.2, -0.15) is 0 Å². The number of aliphatic hydroxyl groups excluding tert-OH is 2. The molecule has 6 heteroatoms. The predicted octanol–water partition coefficient (Wildman–Crippen LogP) is 0.697. The number of aliphatic carboxylic acids is 1. The minimum absolute atomic E-state index is 0.133. The van der Waals surface area contributed by atoms with E-state index in [1.807, 2.05) is 0 Å². The molecular formula is C12H22O6. The number of carbonyl (C=O) groups excluding carboxylic acids is 1. The third-order valence-corrected chi connectivity index (χ3v) is 2.54.